The highest BCUT2D eigenvalue weighted by atomic mass is 16.6. The van der Waals surface area contributed by atoms with Crippen molar-refractivity contribution in [3.8, 4) is 0 Å². The molecule has 1 aliphatic rings. The number of likely N-dealkylation sites (tertiary alicyclic amines) is 1. The van der Waals surface area contributed by atoms with Crippen LogP contribution < -0.4 is 5.32 Å². The average molecular weight is 305 g/mol. The first kappa shape index (κ1) is 16.6. The van der Waals surface area contributed by atoms with Crippen LogP contribution in [0.3, 0.4) is 0 Å². The average Bonchev–Trinajstić information content (AvgIpc) is 2.84. The molecule has 22 heavy (non-hydrogen) atoms. The highest BCUT2D eigenvalue weighted by Gasteiger charge is 2.29. The van der Waals surface area contributed by atoms with E-state index in [9.17, 15) is 4.79 Å². The summed E-state index contributed by atoms with van der Waals surface area (Å²) in [7, 11) is 0. The van der Waals surface area contributed by atoms with E-state index in [1.165, 1.54) is 0 Å². The predicted octanol–water partition coefficient (Wildman–Crippen LogP) is 3.37. The van der Waals surface area contributed by atoms with Crippen LogP contribution in [0.5, 0.6) is 0 Å². The normalized spacial score (nSPS) is 18.4. The SMILES string of the molecule is Cc1ccc(NCC2CCN(C(=O)OC(C)(C)C)C2)c(C)n1. The van der Waals surface area contributed by atoms with Crippen molar-refractivity contribution in [2.75, 3.05) is 25.0 Å². The molecule has 0 bridgehead atoms. The quantitative estimate of drug-likeness (QED) is 0.930. The van der Waals surface area contributed by atoms with Crippen molar-refractivity contribution in [3.05, 3.63) is 23.5 Å². The van der Waals surface area contributed by atoms with Gasteiger partial charge in [-0.3, -0.25) is 4.98 Å². The van der Waals surface area contributed by atoms with Gasteiger partial charge >= 0.3 is 6.09 Å². The number of nitrogens with one attached hydrogen (secondary N) is 1. The molecule has 1 N–H and O–H groups in total. The summed E-state index contributed by atoms with van der Waals surface area (Å²) < 4.78 is 5.42. The minimum absolute atomic E-state index is 0.205. The van der Waals surface area contributed by atoms with Gasteiger partial charge in [0, 0.05) is 25.3 Å². The number of nitrogens with zero attached hydrogens (tertiary/aromatic N) is 2. The molecule has 0 spiro atoms. The molecule has 1 saturated heterocycles. The van der Waals surface area contributed by atoms with Gasteiger partial charge in [-0.2, -0.15) is 0 Å². The topological polar surface area (TPSA) is 54.5 Å². The Kier molecular flexibility index (Phi) is 4.94. The second kappa shape index (κ2) is 6.55. The van der Waals surface area contributed by atoms with E-state index in [0.717, 1.165) is 43.1 Å². The number of ether oxygens (including phenoxy) is 1. The van der Waals surface area contributed by atoms with Gasteiger partial charge in [0.25, 0.3) is 0 Å². The van der Waals surface area contributed by atoms with E-state index in [4.69, 9.17) is 4.74 Å². The summed E-state index contributed by atoms with van der Waals surface area (Å²) in [6, 6.07) is 4.08. The zero-order valence-electron chi connectivity index (χ0n) is 14.3. The maximum Gasteiger partial charge on any atom is 0.410 e. The number of hydrogen-bond donors (Lipinski definition) is 1. The first-order chi connectivity index (χ1) is 10.2. The summed E-state index contributed by atoms with van der Waals surface area (Å²) in [6.07, 6.45) is 0.799. The number of pyridine rings is 1. The van der Waals surface area contributed by atoms with Crippen molar-refractivity contribution < 1.29 is 9.53 Å². The first-order valence-corrected chi connectivity index (χ1v) is 7.90. The van der Waals surface area contributed by atoms with Crippen LogP contribution in [0.4, 0.5) is 10.5 Å². The van der Waals surface area contributed by atoms with Gasteiger partial charge in [-0.15, -0.1) is 0 Å². The Morgan fingerprint density at radius 3 is 2.77 bits per heavy atom. The number of anilines is 1. The standard InChI is InChI=1S/C17H27N3O2/c1-12-6-7-15(13(2)19-12)18-10-14-8-9-20(11-14)16(21)22-17(3,4)5/h6-7,14,18H,8-11H2,1-5H3. The molecule has 0 radical (unpaired) electrons. The van der Waals surface area contributed by atoms with Gasteiger partial charge in [-0.25, -0.2) is 4.79 Å². The van der Waals surface area contributed by atoms with E-state index in [1.54, 1.807) is 4.90 Å². The number of carbonyl (C=O) groups excluding carboxylic acids is 1. The van der Waals surface area contributed by atoms with E-state index < -0.39 is 5.60 Å². The minimum Gasteiger partial charge on any atom is -0.444 e. The summed E-state index contributed by atoms with van der Waals surface area (Å²) in [5.41, 5.74) is 2.68. The Balaban J connectivity index is 1.82. The Bertz CT molecular complexity index is 537. The second-order valence-electron chi connectivity index (χ2n) is 7.05. The third-order valence-corrected chi connectivity index (χ3v) is 3.74. The molecule has 0 aliphatic carbocycles. The largest absolute Gasteiger partial charge is 0.444 e. The molecule has 1 unspecified atom stereocenters. The molecule has 1 amide bonds. The molecule has 0 saturated carbocycles. The summed E-state index contributed by atoms with van der Waals surface area (Å²) >= 11 is 0. The van der Waals surface area contributed by atoms with Crippen LogP contribution >= 0.6 is 0 Å². The summed E-state index contributed by atoms with van der Waals surface area (Å²) in [4.78, 5) is 18.3. The van der Waals surface area contributed by atoms with E-state index in [1.807, 2.05) is 40.7 Å². The number of amides is 1. The lowest BCUT2D eigenvalue weighted by Crippen LogP contribution is -2.35. The van der Waals surface area contributed by atoms with Crippen LogP contribution in [0.2, 0.25) is 0 Å². The third-order valence-electron chi connectivity index (χ3n) is 3.74. The first-order valence-electron chi connectivity index (χ1n) is 7.90. The molecule has 1 aromatic rings. The molecule has 0 aromatic carbocycles. The predicted molar refractivity (Wildman–Crippen MR) is 88.1 cm³/mol. The Morgan fingerprint density at radius 1 is 1.41 bits per heavy atom. The van der Waals surface area contributed by atoms with Gasteiger partial charge in [0.05, 0.1) is 11.4 Å². The van der Waals surface area contributed by atoms with Gasteiger partial charge in [-0.05, 0) is 59.1 Å². The minimum atomic E-state index is -0.432. The van der Waals surface area contributed by atoms with Crippen molar-refractivity contribution in [3.63, 3.8) is 0 Å². The molecule has 5 nitrogen and oxygen atoms in total. The summed E-state index contributed by atoms with van der Waals surface area (Å²) in [5.74, 6) is 0.452. The van der Waals surface area contributed by atoms with Gasteiger partial charge < -0.3 is 15.0 Å². The molecule has 122 valence electrons. The van der Waals surface area contributed by atoms with Crippen LogP contribution in [-0.2, 0) is 4.74 Å². The van der Waals surface area contributed by atoms with Crippen molar-refractivity contribution in [1.82, 2.24) is 9.88 Å². The Hall–Kier alpha value is -1.78. The highest BCUT2D eigenvalue weighted by molar-refractivity contribution is 5.68. The lowest BCUT2D eigenvalue weighted by Gasteiger charge is -2.24. The Morgan fingerprint density at radius 2 is 2.14 bits per heavy atom. The maximum atomic E-state index is 12.0. The zero-order valence-corrected chi connectivity index (χ0v) is 14.3. The zero-order chi connectivity index (χ0) is 16.3. The van der Waals surface area contributed by atoms with Crippen LogP contribution in [0.25, 0.3) is 0 Å². The van der Waals surface area contributed by atoms with Gasteiger partial charge in [-0.1, -0.05) is 0 Å². The molecule has 5 heteroatoms. The lowest BCUT2D eigenvalue weighted by molar-refractivity contribution is 0.0289. The number of carbonyl (C=O) groups is 1. The number of rotatable bonds is 3. The van der Waals surface area contributed by atoms with E-state index in [2.05, 4.69) is 16.4 Å². The van der Waals surface area contributed by atoms with Crippen LogP contribution in [0, 0.1) is 19.8 Å². The van der Waals surface area contributed by atoms with Gasteiger partial charge in [0.1, 0.15) is 5.60 Å². The Labute approximate surface area is 133 Å². The number of aryl methyl sites for hydroxylation is 2. The highest BCUT2D eigenvalue weighted by Crippen LogP contribution is 2.21. The smallest absolute Gasteiger partial charge is 0.410 e. The number of aromatic nitrogens is 1. The van der Waals surface area contributed by atoms with Crippen LogP contribution in [0.1, 0.15) is 38.6 Å². The molecule has 2 heterocycles. The fourth-order valence-corrected chi connectivity index (χ4v) is 2.62. The molecule has 1 aromatic heterocycles. The van der Waals surface area contributed by atoms with E-state index in [-0.39, 0.29) is 6.09 Å². The monoisotopic (exact) mass is 305 g/mol. The molecule has 1 fully saturated rings. The fraction of sp³-hybridized carbons (Fsp3) is 0.647. The maximum absolute atomic E-state index is 12.0. The molecular formula is C17H27N3O2. The van der Waals surface area contributed by atoms with Crippen molar-refractivity contribution >= 4 is 11.8 Å². The van der Waals surface area contributed by atoms with Gasteiger partial charge in [0.2, 0.25) is 0 Å². The number of hydrogen-bond acceptors (Lipinski definition) is 4. The molecule has 1 atom stereocenters. The van der Waals surface area contributed by atoms with Crippen molar-refractivity contribution in [2.45, 2.75) is 46.6 Å². The van der Waals surface area contributed by atoms with Crippen LogP contribution in [0.15, 0.2) is 12.1 Å². The molecule has 1 aliphatic heterocycles. The summed E-state index contributed by atoms with van der Waals surface area (Å²) in [6.45, 7) is 12.1. The third kappa shape index (κ3) is 4.61. The molecular weight excluding hydrogens is 278 g/mol. The van der Waals surface area contributed by atoms with Gasteiger partial charge in [0.15, 0.2) is 0 Å². The molecule has 2 rings (SSSR count). The second-order valence-corrected chi connectivity index (χ2v) is 7.05. The van der Waals surface area contributed by atoms with E-state index >= 15 is 0 Å². The lowest BCUT2D eigenvalue weighted by atomic mass is 10.1. The fourth-order valence-electron chi connectivity index (χ4n) is 2.62. The van der Waals surface area contributed by atoms with Crippen molar-refractivity contribution in [2.24, 2.45) is 5.92 Å². The van der Waals surface area contributed by atoms with Crippen molar-refractivity contribution in [1.29, 1.82) is 0 Å². The summed E-state index contributed by atoms with van der Waals surface area (Å²) in [5, 5.41) is 3.45. The van der Waals surface area contributed by atoms with E-state index in [0.29, 0.717) is 5.92 Å². The van der Waals surface area contributed by atoms with Crippen LogP contribution in [-0.4, -0.2) is 41.2 Å².